The summed E-state index contributed by atoms with van der Waals surface area (Å²) in [5.74, 6) is 0.975. The summed E-state index contributed by atoms with van der Waals surface area (Å²) in [5, 5.41) is 11.4. The highest BCUT2D eigenvalue weighted by molar-refractivity contribution is 5.96. The van der Waals surface area contributed by atoms with E-state index in [0.29, 0.717) is 5.56 Å². The summed E-state index contributed by atoms with van der Waals surface area (Å²) in [7, 11) is 0. The van der Waals surface area contributed by atoms with Gasteiger partial charge in [-0.05, 0) is 26.0 Å². The zero-order chi connectivity index (χ0) is 11.3. The van der Waals surface area contributed by atoms with Gasteiger partial charge in [-0.25, -0.2) is 4.98 Å². The van der Waals surface area contributed by atoms with Gasteiger partial charge >= 0.3 is 0 Å². The van der Waals surface area contributed by atoms with Crippen molar-refractivity contribution in [3.05, 3.63) is 23.9 Å². The third kappa shape index (κ3) is 2.59. The Hall–Kier alpha value is -1.78. The second kappa shape index (κ2) is 5.19. The lowest BCUT2D eigenvalue weighted by atomic mass is 10.2. The molecular weight excluding hydrogens is 192 g/mol. The zero-order valence-corrected chi connectivity index (χ0v) is 9.01. The number of hydrogen-bond acceptors (Lipinski definition) is 4. The van der Waals surface area contributed by atoms with Gasteiger partial charge in [0.1, 0.15) is 5.82 Å². The van der Waals surface area contributed by atoms with E-state index in [1.165, 1.54) is 0 Å². The number of amidine groups is 1. The SMILES string of the molecule is CCN(CC)c1ccc(C(N)=NO)cn1. The summed E-state index contributed by atoms with van der Waals surface area (Å²) in [6, 6.07) is 3.65. The average Bonchev–Trinajstić information content (AvgIpc) is 2.30. The molecule has 0 aliphatic rings. The first-order valence-electron chi connectivity index (χ1n) is 4.91. The second-order valence-electron chi connectivity index (χ2n) is 3.06. The molecule has 5 nitrogen and oxygen atoms in total. The number of pyridine rings is 1. The molecular formula is C10H16N4O. The maximum Gasteiger partial charge on any atom is 0.171 e. The van der Waals surface area contributed by atoms with Crippen LogP contribution in [0.3, 0.4) is 0 Å². The van der Waals surface area contributed by atoms with Gasteiger partial charge in [-0.15, -0.1) is 0 Å². The Balaban J connectivity index is 2.89. The molecule has 1 heterocycles. The Morgan fingerprint density at radius 1 is 1.47 bits per heavy atom. The van der Waals surface area contributed by atoms with Crippen molar-refractivity contribution in [3.63, 3.8) is 0 Å². The van der Waals surface area contributed by atoms with Crippen LogP contribution in [0.5, 0.6) is 0 Å². The quantitative estimate of drug-likeness (QED) is 0.335. The molecule has 0 unspecified atom stereocenters. The molecule has 0 radical (unpaired) electrons. The van der Waals surface area contributed by atoms with E-state index < -0.39 is 0 Å². The highest BCUT2D eigenvalue weighted by Crippen LogP contribution is 2.10. The van der Waals surface area contributed by atoms with Crippen LogP contribution in [0.25, 0.3) is 0 Å². The smallest absolute Gasteiger partial charge is 0.171 e. The summed E-state index contributed by atoms with van der Waals surface area (Å²) >= 11 is 0. The largest absolute Gasteiger partial charge is 0.409 e. The maximum atomic E-state index is 8.48. The lowest BCUT2D eigenvalue weighted by Gasteiger charge is -2.19. The van der Waals surface area contributed by atoms with Crippen molar-refractivity contribution in [2.45, 2.75) is 13.8 Å². The van der Waals surface area contributed by atoms with E-state index in [1.807, 2.05) is 6.07 Å². The van der Waals surface area contributed by atoms with Crippen LogP contribution in [0.1, 0.15) is 19.4 Å². The van der Waals surface area contributed by atoms with Gasteiger partial charge in [-0.2, -0.15) is 0 Å². The molecule has 0 aromatic carbocycles. The molecule has 0 aliphatic carbocycles. The van der Waals surface area contributed by atoms with Gasteiger partial charge in [-0.1, -0.05) is 5.16 Å². The van der Waals surface area contributed by atoms with Crippen molar-refractivity contribution in [1.29, 1.82) is 0 Å². The van der Waals surface area contributed by atoms with E-state index in [4.69, 9.17) is 10.9 Å². The van der Waals surface area contributed by atoms with E-state index in [1.54, 1.807) is 12.3 Å². The first kappa shape index (κ1) is 11.3. The number of anilines is 1. The molecule has 5 heteroatoms. The molecule has 1 rings (SSSR count). The molecule has 0 amide bonds. The maximum absolute atomic E-state index is 8.48. The van der Waals surface area contributed by atoms with Gasteiger partial charge in [0.25, 0.3) is 0 Å². The number of aromatic nitrogens is 1. The molecule has 0 saturated carbocycles. The highest BCUT2D eigenvalue weighted by Gasteiger charge is 2.04. The van der Waals surface area contributed by atoms with Crippen LogP contribution in [0.15, 0.2) is 23.5 Å². The lowest BCUT2D eigenvalue weighted by molar-refractivity contribution is 0.318. The minimum absolute atomic E-state index is 0.0774. The van der Waals surface area contributed by atoms with Crippen molar-refractivity contribution in [1.82, 2.24) is 4.98 Å². The van der Waals surface area contributed by atoms with Gasteiger partial charge in [0.2, 0.25) is 0 Å². The molecule has 0 atom stereocenters. The molecule has 82 valence electrons. The summed E-state index contributed by atoms with van der Waals surface area (Å²) in [5.41, 5.74) is 6.05. The van der Waals surface area contributed by atoms with Crippen LogP contribution >= 0.6 is 0 Å². The molecule has 0 spiro atoms. The zero-order valence-electron chi connectivity index (χ0n) is 9.01. The minimum Gasteiger partial charge on any atom is -0.409 e. The van der Waals surface area contributed by atoms with Crippen molar-refractivity contribution >= 4 is 11.7 Å². The van der Waals surface area contributed by atoms with Crippen LogP contribution in [0.2, 0.25) is 0 Å². The van der Waals surface area contributed by atoms with Gasteiger partial charge in [0, 0.05) is 24.8 Å². The summed E-state index contributed by atoms with van der Waals surface area (Å²) in [6.07, 6.45) is 1.60. The molecule has 1 aromatic heterocycles. The Morgan fingerprint density at radius 2 is 2.13 bits per heavy atom. The van der Waals surface area contributed by atoms with Crippen molar-refractivity contribution in [2.75, 3.05) is 18.0 Å². The second-order valence-corrected chi connectivity index (χ2v) is 3.06. The monoisotopic (exact) mass is 208 g/mol. The van der Waals surface area contributed by atoms with E-state index in [-0.39, 0.29) is 5.84 Å². The van der Waals surface area contributed by atoms with Crippen LogP contribution in [0, 0.1) is 0 Å². The summed E-state index contributed by atoms with van der Waals surface area (Å²) in [6.45, 7) is 5.96. The number of nitrogens with zero attached hydrogens (tertiary/aromatic N) is 3. The molecule has 0 aliphatic heterocycles. The topological polar surface area (TPSA) is 74.7 Å². The Labute approximate surface area is 89.2 Å². The molecule has 0 saturated heterocycles. The van der Waals surface area contributed by atoms with E-state index in [2.05, 4.69) is 28.9 Å². The first-order valence-corrected chi connectivity index (χ1v) is 4.91. The van der Waals surface area contributed by atoms with Crippen LogP contribution < -0.4 is 10.6 Å². The predicted octanol–water partition coefficient (Wildman–Crippen LogP) is 1.02. The average molecular weight is 208 g/mol. The molecule has 1 aromatic rings. The van der Waals surface area contributed by atoms with Crippen LogP contribution in [0.4, 0.5) is 5.82 Å². The number of hydrogen-bond donors (Lipinski definition) is 2. The molecule has 3 N–H and O–H groups in total. The van der Waals surface area contributed by atoms with Crippen molar-refractivity contribution in [2.24, 2.45) is 10.9 Å². The Kier molecular flexibility index (Phi) is 3.91. The van der Waals surface area contributed by atoms with Crippen molar-refractivity contribution < 1.29 is 5.21 Å². The fourth-order valence-corrected chi connectivity index (χ4v) is 1.33. The predicted molar refractivity (Wildman–Crippen MR) is 60.3 cm³/mol. The first-order chi connectivity index (χ1) is 7.22. The third-order valence-electron chi connectivity index (χ3n) is 2.24. The standard InChI is InChI=1S/C10H16N4O/c1-3-14(4-2)9-6-5-8(7-12-9)10(11)13-15/h5-7,15H,3-4H2,1-2H3,(H2,11,13). The number of rotatable bonds is 4. The summed E-state index contributed by atoms with van der Waals surface area (Å²) < 4.78 is 0. The number of nitrogens with two attached hydrogens (primary N) is 1. The third-order valence-corrected chi connectivity index (χ3v) is 2.24. The van der Waals surface area contributed by atoms with E-state index in [0.717, 1.165) is 18.9 Å². The fourth-order valence-electron chi connectivity index (χ4n) is 1.33. The van der Waals surface area contributed by atoms with Crippen LogP contribution in [-0.2, 0) is 0 Å². The van der Waals surface area contributed by atoms with E-state index in [9.17, 15) is 0 Å². The molecule has 0 fully saturated rings. The Morgan fingerprint density at radius 3 is 2.53 bits per heavy atom. The van der Waals surface area contributed by atoms with Gasteiger partial charge in [-0.3, -0.25) is 0 Å². The van der Waals surface area contributed by atoms with Crippen molar-refractivity contribution in [3.8, 4) is 0 Å². The number of oxime groups is 1. The van der Waals surface area contributed by atoms with Gasteiger partial charge < -0.3 is 15.8 Å². The minimum atomic E-state index is 0.0774. The normalized spacial score (nSPS) is 11.5. The lowest BCUT2D eigenvalue weighted by Crippen LogP contribution is -2.23. The molecule has 15 heavy (non-hydrogen) atoms. The highest BCUT2D eigenvalue weighted by atomic mass is 16.4. The van der Waals surface area contributed by atoms with Gasteiger partial charge in [0.05, 0.1) is 0 Å². The van der Waals surface area contributed by atoms with E-state index >= 15 is 0 Å². The fraction of sp³-hybridized carbons (Fsp3) is 0.400. The molecule has 0 bridgehead atoms. The summed E-state index contributed by atoms with van der Waals surface area (Å²) in [4.78, 5) is 6.36. The van der Waals surface area contributed by atoms with Crippen LogP contribution in [-0.4, -0.2) is 29.1 Å². The van der Waals surface area contributed by atoms with Gasteiger partial charge in [0.15, 0.2) is 5.84 Å². The Bertz CT molecular complexity index is 330.